The molecule has 2 aromatic carbocycles. The molecule has 1 amide bonds. The first-order valence-corrected chi connectivity index (χ1v) is 7.92. The van der Waals surface area contributed by atoms with Gasteiger partial charge in [0.15, 0.2) is 6.39 Å². The number of aromatic nitrogens is 3. The Kier molecular flexibility index (Phi) is 3.78. The third-order valence-electron chi connectivity index (χ3n) is 4.11. The highest BCUT2D eigenvalue weighted by molar-refractivity contribution is 6.02. The number of hydrogen-bond acceptors (Lipinski definition) is 4. The number of oxazole rings is 1. The van der Waals surface area contributed by atoms with Crippen LogP contribution in [0.15, 0.2) is 65.5 Å². The van der Waals surface area contributed by atoms with E-state index < -0.39 is 0 Å². The van der Waals surface area contributed by atoms with E-state index in [1.165, 1.54) is 17.2 Å². The van der Waals surface area contributed by atoms with Gasteiger partial charge in [0.1, 0.15) is 5.82 Å². The number of hydrogen-bond donors (Lipinski definition) is 1. The molecule has 0 fully saturated rings. The maximum atomic E-state index is 12.3. The molecule has 0 spiro atoms. The Labute approximate surface area is 144 Å². The average molecular weight is 332 g/mol. The van der Waals surface area contributed by atoms with Crippen LogP contribution in [0.3, 0.4) is 0 Å². The number of fused-ring (bicyclic) bond motifs is 1. The number of carbonyl (C=O) groups is 1. The van der Waals surface area contributed by atoms with Crippen molar-refractivity contribution in [1.29, 1.82) is 0 Å². The maximum Gasteiger partial charge on any atom is 0.294 e. The quantitative estimate of drug-likeness (QED) is 0.619. The van der Waals surface area contributed by atoms with Crippen molar-refractivity contribution < 1.29 is 9.21 Å². The minimum Gasteiger partial charge on any atom is -0.438 e. The van der Waals surface area contributed by atoms with E-state index in [0.29, 0.717) is 18.1 Å². The van der Waals surface area contributed by atoms with Crippen LogP contribution in [0.5, 0.6) is 0 Å². The number of carbonyl (C=O) groups excluding carboxylic acids is 1. The molecule has 4 rings (SSSR count). The standard InChI is InChI=1S/C19H16N4O2/c1-13-18(25-12-20-13)19(24)22-17-9-10-21-23(17)11-15-7-4-6-14-5-2-3-8-16(14)15/h2-10,12H,11H2,1H3,(H,22,24). The normalized spacial score (nSPS) is 10.9. The van der Waals surface area contributed by atoms with E-state index in [1.807, 2.05) is 18.2 Å². The molecular weight excluding hydrogens is 316 g/mol. The first-order valence-electron chi connectivity index (χ1n) is 7.92. The van der Waals surface area contributed by atoms with Crippen molar-refractivity contribution >= 4 is 22.5 Å². The van der Waals surface area contributed by atoms with Gasteiger partial charge in [0.2, 0.25) is 5.76 Å². The summed E-state index contributed by atoms with van der Waals surface area (Å²) in [5.74, 6) is 0.473. The van der Waals surface area contributed by atoms with Crippen LogP contribution in [0.1, 0.15) is 21.8 Å². The van der Waals surface area contributed by atoms with E-state index in [1.54, 1.807) is 23.9 Å². The van der Waals surface area contributed by atoms with Gasteiger partial charge in [0.05, 0.1) is 18.4 Å². The number of benzene rings is 2. The first kappa shape index (κ1) is 15.1. The lowest BCUT2D eigenvalue weighted by atomic mass is 10.0. The third kappa shape index (κ3) is 2.89. The smallest absolute Gasteiger partial charge is 0.294 e. The van der Waals surface area contributed by atoms with Crippen LogP contribution in [0.2, 0.25) is 0 Å². The van der Waals surface area contributed by atoms with Gasteiger partial charge in [-0.05, 0) is 23.3 Å². The van der Waals surface area contributed by atoms with Crippen LogP contribution < -0.4 is 5.32 Å². The van der Waals surface area contributed by atoms with Gasteiger partial charge in [0.25, 0.3) is 5.91 Å². The third-order valence-corrected chi connectivity index (χ3v) is 4.11. The van der Waals surface area contributed by atoms with Gasteiger partial charge < -0.3 is 9.73 Å². The van der Waals surface area contributed by atoms with Gasteiger partial charge in [0, 0.05) is 6.07 Å². The van der Waals surface area contributed by atoms with Crippen molar-refractivity contribution in [2.45, 2.75) is 13.5 Å². The topological polar surface area (TPSA) is 73.0 Å². The summed E-state index contributed by atoms with van der Waals surface area (Å²) in [5, 5.41) is 9.51. The van der Waals surface area contributed by atoms with Gasteiger partial charge >= 0.3 is 0 Å². The second-order valence-corrected chi connectivity index (χ2v) is 5.73. The summed E-state index contributed by atoms with van der Waals surface area (Å²) in [5.41, 5.74) is 1.69. The highest BCUT2D eigenvalue weighted by atomic mass is 16.3. The summed E-state index contributed by atoms with van der Waals surface area (Å²) >= 11 is 0. The summed E-state index contributed by atoms with van der Waals surface area (Å²) in [6, 6.07) is 16.1. The van der Waals surface area contributed by atoms with Crippen LogP contribution in [-0.4, -0.2) is 20.7 Å². The molecule has 0 aliphatic heterocycles. The average Bonchev–Trinajstić information content (AvgIpc) is 3.24. The Bertz CT molecular complexity index is 1040. The van der Waals surface area contributed by atoms with E-state index in [0.717, 1.165) is 5.56 Å². The molecule has 0 aliphatic rings. The lowest BCUT2D eigenvalue weighted by molar-refractivity contribution is 0.0995. The molecule has 2 heterocycles. The Morgan fingerprint density at radius 1 is 1.16 bits per heavy atom. The molecule has 0 saturated heterocycles. The Balaban J connectivity index is 1.62. The molecule has 4 aromatic rings. The van der Waals surface area contributed by atoms with Crippen molar-refractivity contribution in [3.05, 3.63) is 78.1 Å². The fourth-order valence-corrected chi connectivity index (χ4v) is 2.85. The van der Waals surface area contributed by atoms with Crippen LogP contribution in [0, 0.1) is 6.92 Å². The SMILES string of the molecule is Cc1ncoc1C(=O)Nc1ccnn1Cc1cccc2ccccc12. The number of nitrogens with zero attached hydrogens (tertiary/aromatic N) is 3. The highest BCUT2D eigenvalue weighted by Gasteiger charge is 2.16. The van der Waals surface area contributed by atoms with Crippen molar-refractivity contribution in [2.75, 3.05) is 5.32 Å². The molecule has 0 radical (unpaired) electrons. The zero-order valence-corrected chi connectivity index (χ0v) is 13.6. The van der Waals surface area contributed by atoms with E-state index in [2.05, 4.69) is 39.7 Å². The Morgan fingerprint density at radius 3 is 2.84 bits per heavy atom. The number of aryl methyl sites for hydroxylation is 1. The van der Waals surface area contributed by atoms with Crippen molar-refractivity contribution in [1.82, 2.24) is 14.8 Å². The van der Waals surface area contributed by atoms with Gasteiger partial charge in [-0.15, -0.1) is 0 Å². The molecule has 0 unspecified atom stereocenters. The van der Waals surface area contributed by atoms with Crippen LogP contribution >= 0.6 is 0 Å². The number of nitrogens with one attached hydrogen (secondary N) is 1. The Morgan fingerprint density at radius 2 is 2.00 bits per heavy atom. The van der Waals surface area contributed by atoms with Gasteiger partial charge in [-0.1, -0.05) is 42.5 Å². The van der Waals surface area contributed by atoms with Gasteiger partial charge in [-0.25, -0.2) is 9.67 Å². The lowest BCUT2D eigenvalue weighted by Gasteiger charge is -2.10. The second kappa shape index (κ2) is 6.24. The highest BCUT2D eigenvalue weighted by Crippen LogP contribution is 2.21. The predicted molar refractivity (Wildman–Crippen MR) is 94.5 cm³/mol. The molecular formula is C19H16N4O2. The fraction of sp³-hybridized carbons (Fsp3) is 0.105. The summed E-state index contributed by atoms with van der Waals surface area (Å²) in [6.45, 7) is 2.28. The number of anilines is 1. The van der Waals surface area contributed by atoms with Crippen molar-refractivity contribution in [3.63, 3.8) is 0 Å². The molecule has 0 atom stereocenters. The van der Waals surface area contributed by atoms with Gasteiger partial charge in [-0.3, -0.25) is 4.79 Å². The first-order chi connectivity index (χ1) is 12.2. The number of amides is 1. The molecule has 1 N–H and O–H groups in total. The molecule has 0 aliphatic carbocycles. The Hall–Kier alpha value is -3.41. The van der Waals surface area contributed by atoms with E-state index in [9.17, 15) is 4.79 Å². The second-order valence-electron chi connectivity index (χ2n) is 5.73. The van der Waals surface area contributed by atoms with E-state index in [4.69, 9.17) is 4.42 Å². The number of rotatable bonds is 4. The van der Waals surface area contributed by atoms with Crippen molar-refractivity contribution in [2.24, 2.45) is 0 Å². The van der Waals surface area contributed by atoms with Crippen molar-refractivity contribution in [3.8, 4) is 0 Å². The van der Waals surface area contributed by atoms with Gasteiger partial charge in [-0.2, -0.15) is 5.10 Å². The lowest BCUT2D eigenvalue weighted by Crippen LogP contribution is -2.16. The minimum atomic E-state index is -0.338. The van der Waals surface area contributed by atoms with E-state index in [-0.39, 0.29) is 11.7 Å². The van der Waals surface area contributed by atoms with Crippen LogP contribution in [0.4, 0.5) is 5.82 Å². The molecule has 2 aromatic heterocycles. The minimum absolute atomic E-state index is 0.206. The molecule has 6 nitrogen and oxygen atoms in total. The van der Waals surface area contributed by atoms with Crippen LogP contribution in [0.25, 0.3) is 10.8 Å². The zero-order valence-electron chi connectivity index (χ0n) is 13.6. The summed E-state index contributed by atoms with van der Waals surface area (Å²) in [4.78, 5) is 16.3. The summed E-state index contributed by atoms with van der Waals surface area (Å²) < 4.78 is 6.89. The monoisotopic (exact) mass is 332 g/mol. The fourth-order valence-electron chi connectivity index (χ4n) is 2.85. The molecule has 0 saturated carbocycles. The molecule has 25 heavy (non-hydrogen) atoms. The predicted octanol–water partition coefficient (Wildman–Crippen LogP) is 3.63. The summed E-state index contributed by atoms with van der Waals surface area (Å²) in [7, 11) is 0. The largest absolute Gasteiger partial charge is 0.438 e. The van der Waals surface area contributed by atoms with E-state index >= 15 is 0 Å². The molecule has 6 heteroatoms. The van der Waals surface area contributed by atoms with Crippen LogP contribution in [-0.2, 0) is 6.54 Å². The summed E-state index contributed by atoms with van der Waals surface area (Å²) in [6.07, 6.45) is 2.92. The zero-order chi connectivity index (χ0) is 17.2. The molecule has 0 bridgehead atoms. The molecule has 124 valence electrons. The maximum absolute atomic E-state index is 12.3.